The minimum absolute atomic E-state index is 0.353. The number of hydrogen-bond donors (Lipinski definition) is 1. The summed E-state index contributed by atoms with van der Waals surface area (Å²) in [6, 6.07) is 0. The highest BCUT2D eigenvalue weighted by atomic mass is 16.5. The van der Waals surface area contributed by atoms with Crippen molar-refractivity contribution >= 4 is 5.97 Å². The predicted molar refractivity (Wildman–Crippen MR) is 127 cm³/mol. The lowest BCUT2D eigenvalue weighted by Crippen LogP contribution is -2.39. The molecule has 0 rings (SSSR count). The fourth-order valence-electron chi connectivity index (χ4n) is 2.30. The van der Waals surface area contributed by atoms with Gasteiger partial charge in [0.25, 0.3) is 0 Å². The maximum Gasteiger partial charge on any atom is 0.337 e. The number of nitrogens with one attached hydrogen (secondary N) is 1. The molecule has 0 amide bonds. The number of esters is 1. The van der Waals surface area contributed by atoms with Gasteiger partial charge in [0.2, 0.25) is 0 Å². The van der Waals surface area contributed by atoms with Crippen molar-refractivity contribution in [1.82, 2.24) is 5.32 Å². The van der Waals surface area contributed by atoms with Gasteiger partial charge in [-0.3, -0.25) is 0 Å². The molecule has 0 bridgehead atoms. The highest BCUT2D eigenvalue weighted by molar-refractivity contribution is 5.92. The Morgan fingerprint density at radius 1 is 1.04 bits per heavy atom. The Morgan fingerprint density at radius 3 is 2.04 bits per heavy atom. The van der Waals surface area contributed by atoms with Crippen LogP contribution in [0.25, 0.3) is 0 Å². The summed E-state index contributed by atoms with van der Waals surface area (Å²) < 4.78 is 4.59. The lowest BCUT2D eigenvalue weighted by Gasteiger charge is -2.25. The summed E-state index contributed by atoms with van der Waals surface area (Å²) in [5.74, 6) is -0.370. The Bertz CT molecular complexity index is 449. The van der Waals surface area contributed by atoms with Crippen molar-refractivity contribution in [2.45, 2.75) is 106 Å². The minimum Gasteiger partial charge on any atom is -0.465 e. The monoisotopic (exact) mass is 395 g/mol. The average molecular weight is 396 g/mol. The first-order valence-electron chi connectivity index (χ1n) is 11.0. The molecule has 0 aromatic heterocycles. The molecule has 0 radical (unpaired) electrons. The molecule has 0 fully saturated rings. The van der Waals surface area contributed by atoms with Crippen LogP contribution >= 0.6 is 0 Å². The van der Waals surface area contributed by atoms with E-state index in [2.05, 4.69) is 58.2 Å². The maximum absolute atomic E-state index is 11.1. The lowest BCUT2D eigenvalue weighted by molar-refractivity contribution is -0.135. The molecule has 0 aromatic rings. The molecular formula is C25H49NO2. The standard InChI is InChI=1S/C13H20O2.C10H23N.C2H6/c1-6-7-10(2)8-9-11(3)12(4)13(14)15-5;1-5-7-8-10(3,4)11-9-6-2;1-2/h8-9H,4,6-7H2,1-3,5H3;11H,5-9H2,1-4H3;1-2H3/b10-8-,11-9-;;. The number of ether oxygens (including phenoxy) is 1. The summed E-state index contributed by atoms with van der Waals surface area (Å²) in [6.07, 6.45) is 11.3. The highest BCUT2D eigenvalue weighted by Crippen LogP contribution is 2.12. The van der Waals surface area contributed by atoms with E-state index in [0.717, 1.165) is 25.0 Å². The van der Waals surface area contributed by atoms with Crippen molar-refractivity contribution in [1.29, 1.82) is 0 Å². The normalized spacial score (nSPS) is 11.6. The van der Waals surface area contributed by atoms with Gasteiger partial charge in [-0.05, 0) is 59.1 Å². The summed E-state index contributed by atoms with van der Waals surface area (Å²) in [5.41, 5.74) is 2.91. The Labute approximate surface area is 176 Å². The first-order chi connectivity index (χ1) is 13.1. The second kappa shape index (κ2) is 20.4. The molecule has 0 heterocycles. The van der Waals surface area contributed by atoms with Gasteiger partial charge in [-0.2, -0.15) is 0 Å². The number of hydrogen-bond acceptors (Lipinski definition) is 3. The van der Waals surface area contributed by atoms with Gasteiger partial charge >= 0.3 is 5.97 Å². The zero-order valence-electron chi connectivity index (χ0n) is 20.6. The van der Waals surface area contributed by atoms with Crippen LogP contribution in [0.3, 0.4) is 0 Å². The van der Waals surface area contributed by atoms with Gasteiger partial charge in [-0.25, -0.2) is 4.79 Å². The number of methoxy groups -OCH3 is 1. The van der Waals surface area contributed by atoms with Gasteiger partial charge in [0.15, 0.2) is 0 Å². The smallest absolute Gasteiger partial charge is 0.337 e. The molecular weight excluding hydrogens is 346 g/mol. The first kappa shape index (κ1) is 31.3. The molecule has 166 valence electrons. The van der Waals surface area contributed by atoms with Gasteiger partial charge in [-0.15, -0.1) is 0 Å². The zero-order valence-corrected chi connectivity index (χ0v) is 20.6. The van der Waals surface area contributed by atoms with E-state index in [1.807, 2.05) is 32.9 Å². The van der Waals surface area contributed by atoms with Crippen LogP contribution < -0.4 is 5.32 Å². The molecule has 1 N–H and O–H groups in total. The van der Waals surface area contributed by atoms with Gasteiger partial charge < -0.3 is 10.1 Å². The Hall–Kier alpha value is -1.35. The Morgan fingerprint density at radius 2 is 1.61 bits per heavy atom. The molecule has 0 aliphatic carbocycles. The number of rotatable bonds is 11. The van der Waals surface area contributed by atoms with E-state index in [-0.39, 0.29) is 5.97 Å². The molecule has 0 unspecified atom stereocenters. The summed E-state index contributed by atoms with van der Waals surface area (Å²) in [6.45, 7) is 23.9. The Kier molecular flexibility index (Phi) is 22.8. The van der Waals surface area contributed by atoms with Gasteiger partial charge in [0.1, 0.15) is 0 Å². The van der Waals surface area contributed by atoms with Crippen molar-refractivity contribution in [3.05, 3.63) is 35.5 Å². The highest BCUT2D eigenvalue weighted by Gasteiger charge is 2.14. The summed E-state index contributed by atoms with van der Waals surface area (Å²) in [5, 5.41) is 3.54. The van der Waals surface area contributed by atoms with Crippen LogP contribution in [0.1, 0.15) is 101 Å². The predicted octanol–water partition coefficient (Wildman–Crippen LogP) is 7.39. The molecule has 0 atom stereocenters. The fraction of sp³-hybridized carbons (Fsp3) is 0.720. The molecule has 0 spiro atoms. The van der Waals surface area contributed by atoms with Crippen molar-refractivity contribution < 1.29 is 9.53 Å². The van der Waals surface area contributed by atoms with Crippen LogP contribution in [0, 0.1) is 0 Å². The average Bonchev–Trinajstić information content (AvgIpc) is 2.70. The molecule has 0 saturated carbocycles. The van der Waals surface area contributed by atoms with E-state index in [1.165, 1.54) is 38.4 Å². The van der Waals surface area contributed by atoms with Crippen LogP contribution in [0.5, 0.6) is 0 Å². The molecule has 0 aliphatic rings. The lowest BCUT2D eigenvalue weighted by atomic mass is 9.97. The van der Waals surface area contributed by atoms with E-state index in [1.54, 1.807) is 0 Å². The number of carbonyl (C=O) groups is 1. The van der Waals surface area contributed by atoms with Crippen LogP contribution in [-0.4, -0.2) is 25.2 Å². The fourth-order valence-corrected chi connectivity index (χ4v) is 2.30. The van der Waals surface area contributed by atoms with Crippen LogP contribution in [0.2, 0.25) is 0 Å². The zero-order chi connectivity index (χ0) is 22.6. The number of carbonyl (C=O) groups excluding carboxylic acids is 1. The third-order valence-corrected chi connectivity index (χ3v) is 4.18. The largest absolute Gasteiger partial charge is 0.465 e. The van der Waals surface area contributed by atoms with Crippen LogP contribution in [0.4, 0.5) is 0 Å². The molecule has 3 heteroatoms. The van der Waals surface area contributed by atoms with Crippen LogP contribution in [0.15, 0.2) is 35.5 Å². The molecule has 0 aliphatic heterocycles. The van der Waals surface area contributed by atoms with Crippen molar-refractivity contribution in [2.75, 3.05) is 13.7 Å². The van der Waals surface area contributed by atoms with E-state index in [9.17, 15) is 4.79 Å². The van der Waals surface area contributed by atoms with E-state index in [4.69, 9.17) is 0 Å². The molecule has 28 heavy (non-hydrogen) atoms. The number of unbranched alkanes of at least 4 members (excludes halogenated alkanes) is 1. The second-order valence-corrected chi connectivity index (χ2v) is 7.50. The molecule has 0 aromatic carbocycles. The van der Waals surface area contributed by atoms with Crippen molar-refractivity contribution in [2.24, 2.45) is 0 Å². The number of allylic oxidation sites excluding steroid dienone is 3. The van der Waals surface area contributed by atoms with Gasteiger partial charge in [0, 0.05) is 5.54 Å². The quantitative estimate of drug-likeness (QED) is 0.225. The Balaban J connectivity index is -0.000000426. The third-order valence-electron chi connectivity index (χ3n) is 4.18. The van der Waals surface area contributed by atoms with E-state index < -0.39 is 0 Å². The maximum atomic E-state index is 11.1. The van der Waals surface area contributed by atoms with Crippen molar-refractivity contribution in [3.8, 4) is 0 Å². The topological polar surface area (TPSA) is 38.3 Å². The molecule has 3 nitrogen and oxygen atoms in total. The van der Waals surface area contributed by atoms with Gasteiger partial charge in [-0.1, -0.05) is 78.2 Å². The summed E-state index contributed by atoms with van der Waals surface area (Å²) >= 11 is 0. The third kappa shape index (κ3) is 19.4. The van der Waals surface area contributed by atoms with Gasteiger partial charge in [0.05, 0.1) is 12.7 Å². The second-order valence-electron chi connectivity index (χ2n) is 7.50. The first-order valence-corrected chi connectivity index (χ1v) is 11.0. The van der Waals surface area contributed by atoms with Crippen LogP contribution in [-0.2, 0) is 9.53 Å². The minimum atomic E-state index is -0.370. The molecule has 0 saturated heterocycles. The van der Waals surface area contributed by atoms with E-state index in [0.29, 0.717) is 11.1 Å². The van der Waals surface area contributed by atoms with Crippen molar-refractivity contribution in [3.63, 3.8) is 0 Å². The summed E-state index contributed by atoms with van der Waals surface area (Å²) in [7, 11) is 1.36. The SMILES string of the molecule is C=C(C(=O)OC)/C(C)=C\C=C(\C)CCC.CC.CCCCC(C)(C)NCCC. The summed E-state index contributed by atoms with van der Waals surface area (Å²) in [4.78, 5) is 11.1. The van der Waals surface area contributed by atoms with E-state index >= 15 is 0 Å².